The molecule has 35 heteroatoms. The van der Waals surface area contributed by atoms with Gasteiger partial charge in [0, 0.05) is 40.5 Å². The molecule has 2 aromatic carbocycles. The van der Waals surface area contributed by atoms with Crippen LogP contribution in [0.1, 0.15) is 81.8 Å². The quantitative estimate of drug-likeness (QED) is 0.0388. The van der Waals surface area contributed by atoms with E-state index in [9.17, 15) is 62.3 Å². The molecule has 9 N–H and O–H groups in total. The Kier molecular flexibility index (Phi) is 22.9. The van der Waals surface area contributed by atoms with E-state index in [0.29, 0.717) is 0 Å². The Morgan fingerprint density at radius 2 is 1.04 bits per heavy atom. The van der Waals surface area contributed by atoms with Crippen LogP contribution in [0.5, 0.6) is 0 Å². The maximum absolute atomic E-state index is 13.8. The van der Waals surface area contributed by atoms with E-state index in [1.807, 2.05) is 13.8 Å². The van der Waals surface area contributed by atoms with Gasteiger partial charge in [0.05, 0.1) is 36.9 Å². The summed E-state index contributed by atoms with van der Waals surface area (Å²) in [6, 6.07) is 16.0. The van der Waals surface area contributed by atoms with Crippen molar-refractivity contribution in [3.8, 4) is 37.0 Å². The summed E-state index contributed by atoms with van der Waals surface area (Å²) in [5.74, 6) is 2.33. The molecule has 6 aromatic heterocycles. The number of nitrogens with one attached hydrogen (secondary N) is 7. The molecule has 0 radical (unpaired) electrons. The summed E-state index contributed by atoms with van der Waals surface area (Å²) in [5.41, 5.74) is 1.75. The lowest BCUT2D eigenvalue weighted by Gasteiger charge is -2.24. The minimum absolute atomic E-state index is 0.00745. The Hall–Kier alpha value is -12.4. The molecule has 8 heterocycles. The fraction of sp³-hybridized carbons (Fsp3) is 0.333. The number of H-pyrrole nitrogens is 5. The van der Waals surface area contributed by atoms with Crippen LogP contribution in [-0.4, -0.2) is 143 Å². The number of nitrogens with two attached hydrogens (primary N) is 1. The van der Waals surface area contributed by atoms with Gasteiger partial charge >= 0.3 is 46.9 Å². The summed E-state index contributed by atoms with van der Waals surface area (Å²) in [7, 11) is 0. The van der Waals surface area contributed by atoms with Crippen molar-refractivity contribution in [3.05, 3.63) is 134 Å². The molecule has 8 aromatic rings. The van der Waals surface area contributed by atoms with Crippen molar-refractivity contribution < 1.29 is 66.7 Å². The average molecular weight is 1310 g/mol. The van der Waals surface area contributed by atoms with E-state index in [0.717, 1.165) is 31.6 Å². The highest BCUT2D eigenvalue weighted by Crippen LogP contribution is 2.36. The number of amides is 2. The number of aromatic nitrogens is 12. The number of hydrogen-bond acceptors (Lipinski definition) is 24. The molecule has 2 aliphatic heterocycles. The van der Waals surface area contributed by atoms with Gasteiger partial charge in [0.15, 0.2) is 58.0 Å². The van der Waals surface area contributed by atoms with E-state index in [2.05, 4.69) is 68.3 Å². The van der Waals surface area contributed by atoms with Gasteiger partial charge in [-0.3, -0.25) is 87.6 Å². The van der Waals surface area contributed by atoms with Crippen molar-refractivity contribution >= 4 is 93.0 Å². The molecular weight excluding hydrogens is 1250 g/mol. The number of benzene rings is 2. The smallest absolute Gasteiger partial charge is 0.338 e. The second kappa shape index (κ2) is 31.1. The molecule has 35 nitrogen and oxygen atoms in total. The maximum Gasteiger partial charge on any atom is 0.338 e. The zero-order valence-corrected chi connectivity index (χ0v) is 51.5. The van der Waals surface area contributed by atoms with Gasteiger partial charge in [-0.2, -0.15) is 15.0 Å². The Bertz CT molecular complexity index is 4740. The van der Waals surface area contributed by atoms with E-state index in [-0.39, 0.29) is 100 Å². The summed E-state index contributed by atoms with van der Waals surface area (Å²) in [4.78, 5) is 180. The number of esters is 5. The van der Waals surface area contributed by atoms with Crippen molar-refractivity contribution in [2.75, 3.05) is 23.0 Å². The third kappa shape index (κ3) is 16.8. The number of anilines is 3. The number of carbonyl (C=O) groups excluding carboxylic acids is 7. The van der Waals surface area contributed by atoms with Gasteiger partial charge in [-0.1, -0.05) is 68.0 Å². The van der Waals surface area contributed by atoms with E-state index >= 15 is 0 Å². The molecule has 2 fully saturated rings. The lowest BCUT2D eigenvalue weighted by molar-refractivity contribution is -0.194. The van der Waals surface area contributed by atoms with Crippen LogP contribution in [0.15, 0.2) is 89.4 Å². The van der Waals surface area contributed by atoms with Crippen LogP contribution in [0.2, 0.25) is 0 Å². The number of fused-ring (bicyclic) bond motifs is 3. The molecule has 0 aliphatic carbocycles. The summed E-state index contributed by atoms with van der Waals surface area (Å²) in [6.07, 6.45) is 9.31. The highest BCUT2D eigenvalue weighted by atomic mass is 16.7. The van der Waals surface area contributed by atoms with Gasteiger partial charge in [0.1, 0.15) is 12.7 Å². The number of terminal acetylenes is 3. The number of nitrogens with zero attached hydrogens (tertiary/aromatic N) is 7. The lowest BCUT2D eigenvalue weighted by Crippen LogP contribution is -2.42. The van der Waals surface area contributed by atoms with E-state index in [1.54, 1.807) is 36.4 Å². The third-order valence-corrected chi connectivity index (χ3v) is 13.6. The highest BCUT2D eigenvalue weighted by Gasteiger charge is 2.52. The second-order valence-electron chi connectivity index (χ2n) is 20.4. The molecule has 8 atom stereocenters. The molecule has 0 bridgehead atoms. The summed E-state index contributed by atoms with van der Waals surface area (Å²) < 4.78 is 42.7. The molecule has 2 saturated heterocycles. The molecule has 2 amide bonds. The summed E-state index contributed by atoms with van der Waals surface area (Å²) in [5, 5.41) is 4.67. The van der Waals surface area contributed by atoms with Crippen LogP contribution in [0.25, 0.3) is 33.5 Å². The Morgan fingerprint density at radius 3 is 1.55 bits per heavy atom. The maximum atomic E-state index is 13.8. The van der Waals surface area contributed by atoms with Crippen molar-refractivity contribution in [2.24, 2.45) is 5.92 Å². The fourth-order valence-electron chi connectivity index (χ4n) is 9.76. The third-order valence-electron chi connectivity index (χ3n) is 13.6. The first-order valence-electron chi connectivity index (χ1n) is 28.3. The standard InChI is InChI=1S/C31H27N5O10.C11H18O5.C10H9N5O3.C8H7N5O2/c1-4-15-35-22-25(33-30(32-17(2)37)34-26(22)39)36(31(35)42)27-24(44-18(3)38)23(46-29(41)20-13-9-6-10-14-20)21(45-27)16-43-28(40)19-11-7-5-8-12-19;1-5-9-6(2)10(14-7(3)12)11(16-9)15-8(4)13;1-3-4-15-6-7(13-10(15)18)12-9(11-5(2)16)14-8(6)17;1-2-3-13-4-5(11-8(13)15)10-7(9)12-6(4)14/h1,5-14,21,23-24,27H,15-16H2,2-3H3,(H2,32,33,34,37,39);6,9-11H,5H2,1-4H3;1H,4H2,2H3,(H3,11,12,13,14,16,17,18);1H,3H2,(H4,9,10,11,12,14,15)/t21-,23+,24-,27-;6-,9+,10+,11?;;/m10../s1. The molecule has 0 saturated carbocycles. The first-order valence-corrected chi connectivity index (χ1v) is 28.3. The van der Waals surface area contributed by atoms with Gasteiger partial charge in [0.2, 0.25) is 35.9 Å². The van der Waals surface area contributed by atoms with Crippen molar-refractivity contribution in [1.82, 2.24) is 58.1 Å². The molecular formula is C60H61N15O20. The van der Waals surface area contributed by atoms with Gasteiger partial charge < -0.3 is 38.9 Å². The van der Waals surface area contributed by atoms with Crippen molar-refractivity contribution in [3.63, 3.8) is 0 Å². The molecule has 1 unspecified atom stereocenters. The van der Waals surface area contributed by atoms with Gasteiger partial charge in [0.25, 0.3) is 16.7 Å². The van der Waals surface area contributed by atoms with E-state index in [4.69, 9.17) is 58.2 Å². The molecule has 10 rings (SSSR count). The lowest BCUT2D eigenvalue weighted by atomic mass is 9.99. The molecule has 496 valence electrons. The zero-order chi connectivity index (χ0) is 69.5. The van der Waals surface area contributed by atoms with Crippen molar-refractivity contribution in [1.29, 1.82) is 0 Å². The van der Waals surface area contributed by atoms with Crippen LogP contribution >= 0.6 is 0 Å². The minimum Gasteiger partial charge on any atom is -0.459 e. The Morgan fingerprint density at radius 1 is 0.568 bits per heavy atom. The van der Waals surface area contributed by atoms with E-state index in [1.165, 1.54) is 52.0 Å². The predicted molar refractivity (Wildman–Crippen MR) is 333 cm³/mol. The number of hydrogen-bond donors (Lipinski definition) is 8. The topological polar surface area (TPSA) is 474 Å². The number of ether oxygens (including phenoxy) is 7. The van der Waals surface area contributed by atoms with E-state index < -0.39 is 113 Å². The van der Waals surface area contributed by atoms with Crippen LogP contribution in [-0.2, 0) is 76.8 Å². The number of rotatable bonds is 15. The minimum atomic E-state index is -1.58. The highest BCUT2D eigenvalue weighted by molar-refractivity contribution is 5.91. The Labute approximate surface area is 534 Å². The molecule has 0 spiro atoms. The first kappa shape index (κ1) is 70.0. The van der Waals surface area contributed by atoms with Gasteiger partial charge in [-0.15, -0.1) is 19.3 Å². The van der Waals surface area contributed by atoms with Gasteiger partial charge in [-0.05, 0) is 30.7 Å². The SMILES string of the molecule is C#CCn1c(=O)[nH]c2nc(N)[nH]c(=O)c21.C#CCn1c(=O)[nH]c2nc(NC(C)=O)[nH]c(=O)c21.C#CCn1c(=O)n([C@@H]2O[C@H](COC(=O)c3ccccc3)[C@H](OC(=O)c3ccccc3)[C@H]2OC(C)=O)c2nc(NC(C)=O)[nH]c(=O)c21.CC[C@H]1OC(OC(C)=O)[C@H](OC(C)=O)[C@H]1C. The number of imidazole rings is 3. The number of nitrogen functional groups attached to an aromatic ring is 1. The molecule has 95 heavy (non-hydrogen) atoms. The number of carbonyl (C=O) groups is 7. The van der Waals surface area contributed by atoms with Crippen LogP contribution < -0.4 is 50.1 Å². The number of aromatic amines is 5. The fourth-order valence-corrected chi connectivity index (χ4v) is 9.76. The predicted octanol–water partition coefficient (Wildman–Crippen LogP) is 0.275. The van der Waals surface area contributed by atoms with Crippen LogP contribution in [0.4, 0.5) is 17.8 Å². The Balaban J connectivity index is 0.000000211. The largest absolute Gasteiger partial charge is 0.459 e. The average Bonchev–Trinajstić information content (AvgIpc) is 1.59. The van der Waals surface area contributed by atoms with Crippen molar-refractivity contribution in [2.45, 2.75) is 118 Å². The van der Waals surface area contributed by atoms with Crippen LogP contribution in [0, 0.1) is 42.9 Å². The normalized spacial score (nSPS) is 18.3. The van der Waals surface area contributed by atoms with Gasteiger partial charge in [-0.25, -0.2) is 28.5 Å². The summed E-state index contributed by atoms with van der Waals surface area (Å²) in [6.45, 7) is 9.19. The van der Waals surface area contributed by atoms with Crippen LogP contribution in [0.3, 0.4) is 0 Å². The zero-order valence-electron chi connectivity index (χ0n) is 51.5. The first-order chi connectivity index (χ1) is 45.2. The summed E-state index contributed by atoms with van der Waals surface area (Å²) >= 11 is 0. The monoisotopic (exact) mass is 1310 g/mol. The second-order valence-corrected chi connectivity index (χ2v) is 20.4. The molecule has 2 aliphatic rings.